The molecular formula is C29H31N5O3. The van der Waals surface area contributed by atoms with Crippen molar-refractivity contribution in [3.05, 3.63) is 84.3 Å². The largest absolute Gasteiger partial charge is 0.492 e. The molecule has 0 bridgehead atoms. The Morgan fingerprint density at radius 1 is 0.919 bits per heavy atom. The number of aromatic nitrogens is 3. The average molecular weight is 498 g/mol. The summed E-state index contributed by atoms with van der Waals surface area (Å²) in [5, 5.41) is 3.35. The summed E-state index contributed by atoms with van der Waals surface area (Å²) < 4.78 is 17.7. The van der Waals surface area contributed by atoms with E-state index in [1.54, 1.807) is 12.4 Å². The Labute approximate surface area is 217 Å². The Balaban J connectivity index is 1.27. The molecule has 190 valence electrons. The number of pyridine rings is 3. The van der Waals surface area contributed by atoms with Crippen molar-refractivity contribution in [3.63, 3.8) is 0 Å². The van der Waals surface area contributed by atoms with Crippen molar-refractivity contribution in [2.45, 2.75) is 13.8 Å². The van der Waals surface area contributed by atoms with E-state index in [0.29, 0.717) is 29.6 Å². The minimum atomic E-state index is 0.633. The number of nitrogens with one attached hydrogen (secondary N) is 1. The molecule has 0 atom stereocenters. The molecule has 0 unspecified atom stereocenters. The van der Waals surface area contributed by atoms with Gasteiger partial charge in [0.1, 0.15) is 29.6 Å². The first kappa shape index (κ1) is 24.7. The molecule has 8 nitrogen and oxygen atoms in total. The van der Waals surface area contributed by atoms with Crippen molar-refractivity contribution in [1.82, 2.24) is 19.9 Å². The minimum Gasteiger partial charge on any atom is -0.492 e. The van der Waals surface area contributed by atoms with E-state index in [9.17, 15) is 0 Å². The molecule has 1 aliphatic heterocycles. The van der Waals surface area contributed by atoms with E-state index in [0.717, 1.165) is 61.2 Å². The second-order valence-corrected chi connectivity index (χ2v) is 8.89. The highest BCUT2D eigenvalue weighted by Gasteiger charge is 2.14. The summed E-state index contributed by atoms with van der Waals surface area (Å²) in [6.07, 6.45) is 3.47. The molecule has 1 aromatic carbocycles. The third-order valence-electron chi connectivity index (χ3n) is 6.18. The van der Waals surface area contributed by atoms with E-state index in [-0.39, 0.29) is 0 Å². The van der Waals surface area contributed by atoms with Crippen molar-refractivity contribution in [1.29, 1.82) is 0 Å². The first-order valence-corrected chi connectivity index (χ1v) is 12.5. The van der Waals surface area contributed by atoms with Gasteiger partial charge in [-0.3, -0.25) is 9.88 Å². The van der Waals surface area contributed by atoms with Crippen molar-refractivity contribution < 1.29 is 14.2 Å². The maximum atomic E-state index is 6.29. The van der Waals surface area contributed by atoms with E-state index >= 15 is 0 Å². The number of aryl methyl sites for hydroxylation is 2. The minimum absolute atomic E-state index is 0.633. The standard InChI is InChI=1S/C29H31N5O3/c1-21-18-27(29(32-22(21)2)26-8-3-4-10-30-26)37-25-9-11-31-28(20-25)33-23-6-5-7-24(19-23)36-17-14-34-12-15-35-16-13-34/h3-11,18-20H,12-17H2,1-2H3,(H,31,33). The Morgan fingerprint density at radius 2 is 1.81 bits per heavy atom. The van der Waals surface area contributed by atoms with E-state index in [1.165, 1.54) is 0 Å². The van der Waals surface area contributed by atoms with Crippen LogP contribution < -0.4 is 14.8 Å². The zero-order valence-electron chi connectivity index (χ0n) is 21.2. The molecule has 0 radical (unpaired) electrons. The Bertz CT molecular complexity index is 1330. The second kappa shape index (κ2) is 11.8. The summed E-state index contributed by atoms with van der Waals surface area (Å²) in [5.41, 5.74) is 4.34. The third kappa shape index (κ3) is 6.61. The molecule has 0 spiro atoms. The number of benzene rings is 1. The highest BCUT2D eigenvalue weighted by molar-refractivity contribution is 5.65. The van der Waals surface area contributed by atoms with Crippen LogP contribution in [0.3, 0.4) is 0 Å². The van der Waals surface area contributed by atoms with Crippen LogP contribution in [-0.4, -0.2) is 59.3 Å². The zero-order valence-corrected chi connectivity index (χ0v) is 21.2. The molecule has 4 heterocycles. The Kier molecular flexibility index (Phi) is 7.88. The fraction of sp³-hybridized carbons (Fsp3) is 0.276. The van der Waals surface area contributed by atoms with Crippen LogP contribution in [0.1, 0.15) is 11.3 Å². The van der Waals surface area contributed by atoms with E-state index in [1.807, 2.05) is 74.5 Å². The maximum Gasteiger partial charge on any atom is 0.155 e. The number of nitrogens with zero attached hydrogens (tertiary/aromatic N) is 4. The monoisotopic (exact) mass is 497 g/mol. The molecule has 8 heteroatoms. The van der Waals surface area contributed by atoms with Gasteiger partial charge in [0.25, 0.3) is 0 Å². The van der Waals surface area contributed by atoms with Gasteiger partial charge in [0.2, 0.25) is 0 Å². The highest BCUT2D eigenvalue weighted by Crippen LogP contribution is 2.33. The fourth-order valence-electron chi connectivity index (χ4n) is 4.04. The van der Waals surface area contributed by atoms with E-state index in [4.69, 9.17) is 19.2 Å². The molecule has 1 N–H and O–H groups in total. The first-order valence-electron chi connectivity index (χ1n) is 12.5. The van der Waals surface area contributed by atoms with Gasteiger partial charge >= 0.3 is 0 Å². The lowest BCUT2D eigenvalue weighted by Crippen LogP contribution is -2.38. The molecule has 0 aliphatic carbocycles. The molecule has 0 amide bonds. The first-order chi connectivity index (χ1) is 18.1. The molecule has 0 saturated carbocycles. The number of anilines is 2. The van der Waals surface area contributed by atoms with Gasteiger partial charge in [-0.05, 0) is 55.8 Å². The van der Waals surface area contributed by atoms with Gasteiger partial charge in [-0.2, -0.15) is 0 Å². The molecule has 5 rings (SSSR count). The Hall–Kier alpha value is -4.01. The maximum absolute atomic E-state index is 6.29. The lowest BCUT2D eigenvalue weighted by Gasteiger charge is -2.26. The van der Waals surface area contributed by atoms with Crippen molar-refractivity contribution >= 4 is 11.5 Å². The van der Waals surface area contributed by atoms with Crippen LogP contribution in [-0.2, 0) is 4.74 Å². The summed E-state index contributed by atoms with van der Waals surface area (Å²) >= 11 is 0. The van der Waals surface area contributed by atoms with Crippen LogP contribution in [0, 0.1) is 13.8 Å². The molecule has 1 fully saturated rings. The van der Waals surface area contributed by atoms with E-state index < -0.39 is 0 Å². The number of hydrogen-bond donors (Lipinski definition) is 1. The quantitative estimate of drug-likeness (QED) is 0.329. The van der Waals surface area contributed by atoms with Gasteiger partial charge in [-0.25, -0.2) is 9.97 Å². The fourth-order valence-corrected chi connectivity index (χ4v) is 4.04. The van der Waals surface area contributed by atoms with Crippen molar-refractivity contribution in [2.75, 3.05) is 44.8 Å². The number of ether oxygens (including phenoxy) is 3. The van der Waals surface area contributed by atoms with Crippen LogP contribution >= 0.6 is 0 Å². The molecule has 4 aromatic rings. The van der Waals surface area contributed by atoms with Gasteiger partial charge in [-0.15, -0.1) is 0 Å². The van der Waals surface area contributed by atoms with Crippen LogP contribution in [0.4, 0.5) is 11.5 Å². The number of morpholine rings is 1. The third-order valence-corrected chi connectivity index (χ3v) is 6.18. The van der Waals surface area contributed by atoms with Gasteiger partial charge in [0.15, 0.2) is 5.75 Å². The van der Waals surface area contributed by atoms with Crippen molar-refractivity contribution in [3.8, 4) is 28.6 Å². The predicted molar refractivity (Wildman–Crippen MR) is 144 cm³/mol. The lowest BCUT2D eigenvalue weighted by molar-refractivity contribution is 0.0322. The van der Waals surface area contributed by atoms with Gasteiger partial charge in [0, 0.05) is 55.5 Å². The van der Waals surface area contributed by atoms with Crippen LogP contribution in [0.25, 0.3) is 11.4 Å². The molecule has 37 heavy (non-hydrogen) atoms. The molecule has 1 saturated heterocycles. The van der Waals surface area contributed by atoms with Crippen LogP contribution in [0.2, 0.25) is 0 Å². The van der Waals surface area contributed by atoms with Gasteiger partial charge < -0.3 is 19.5 Å². The normalized spacial score (nSPS) is 13.8. The molecule has 1 aliphatic rings. The average Bonchev–Trinajstić information content (AvgIpc) is 2.92. The molecular weight excluding hydrogens is 466 g/mol. The summed E-state index contributed by atoms with van der Waals surface area (Å²) in [6.45, 7) is 9.02. The number of hydrogen-bond acceptors (Lipinski definition) is 8. The zero-order chi connectivity index (χ0) is 25.5. The number of rotatable bonds is 9. The smallest absolute Gasteiger partial charge is 0.155 e. The van der Waals surface area contributed by atoms with Crippen molar-refractivity contribution in [2.24, 2.45) is 0 Å². The lowest BCUT2D eigenvalue weighted by atomic mass is 10.1. The summed E-state index contributed by atoms with van der Waals surface area (Å²) in [5.74, 6) is 2.78. The summed E-state index contributed by atoms with van der Waals surface area (Å²) in [6, 6.07) is 19.3. The Morgan fingerprint density at radius 3 is 2.65 bits per heavy atom. The van der Waals surface area contributed by atoms with E-state index in [2.05, 4.69) is 20.2 Å². The SMILES string of the molecule is Cc1cc(Oc2ccnc(Nc3cccc(OCCN4CCOCC4)c3)c2)c(-c2ccccn2)nc1C. The summed E-state index contributed by atoms with van der Waals surface area (Å²) in [7, 11) is 0. The second-order valence-electron chi connectivity index (χ2n) is 8.89. The van der Waals surface area contributed by atoms with Crippen LogP contribution in [0.15, 0.2) is 73.1 Å². The highest BCUT2D eigenvalue weighted by atomic mass is 16.5. The molecule has 3 aromatic heterocycles. The predicted octanol–water partition coefficient (Wildman–Crippen LogP) is 5.40. The summed E-state index contributed by atoms with van der Waals surface area (Å²) in [4.78, 5) is 16.0. The van der Waals surface area contributed by atoms with Gasteiger partial charge in [-0.1, -0.05) is 12.1 Å². The van der Waals surface area contributed by atoms with Crippen LogP contribution in [0.5, 0.6) is 17.2 Å². The van der Waals surface area contributed by atoms with Gasteiger partial charge in [0.05, 0.1) is 18.9 Å². The topological polar surface area (TPSA) is 81.6 Å².